The van der Waals surface area contributed by atoms with Gasteiger partial charge in [0.25, 0.3) is 0 Å². The number of nitrogens with zero attached hydrogens (tertiary/aromatic N) is 1. The normalized spacial score (nSPS) is 30.8. The van der Waals surface area contributed by atoms with Crippen molar-refractivity contribution in [2.24, 2.45) is 0 Å². The Labute approximate surface area is 64.4 Å². The van der Waals surface area contributed by atoms with Crippen LogP contribution in [0.25, 0.3) is 0 Å². The van der Waals surface area contributed by atoms with Gasteiger partial charge in [-0.3, -0.25) is 4.79 Å². The van der Waals surface area contributed by atoms with Crippen LogP contribution in [0.5, 0.6) is 0 Å². The molecule has 2 saturated heterocycles. The summed E-state index contributed by atoms with van der Waals surface area (Å²) in [5.74, 6) is 0.0856. The van der Waals surface area contributed by atoms with E-state index in [4.69, 9.17) is 12.2 Å². The molecule has 0 aromatic carbocycles. The largest absolute Gasteiger partial charge is 0.337 e. The van der Waals surface area contributed by atoms with Gasteiger partial charge in [-0.05, 0) is 25.1 Å². The van der Waals surface area contributed by atoms with E-state index in [1.807, 2.05) is 4.90 Å². The van der Waals surface area contributed by atoms with Crippen LogP contribution in [-0.4, -0.2) is 28.5 Å². The van der Waals surface area contributed by atoms with Crippen LogP contribution in [0.3, 0.4) is 0 Å². The minimum Gasteiger partial charge on any atom is -0.337 e. The van der Waals surface area contributed by atoms with Crippen molar-refractivity contribution in [3.05, 3.63) is 0 Å². The summed E-state index contributed by atoms with van der Waals surface area (Å²) in [5.41, 5.74) is 0. The van der Waals surface area contributed by atoms with E-state index < -0.39 is 0 Å². The van der Waals surface area contributed by atoms with Gasteiger partial charge in [0.15, 0.2) is 5.11 Å². The molecule has 0 aliphatic carbocycles. The summed E-state index contributed by atoms with van der Waals surface area (Å²) in [5, 5.41) is 3.26. The molecule has 54 valence electrons. The molecule has 10 heavy (non-hydrogen) atoms. The van der Waals surface area contributed by atoms with Crippen LogP contribution in [0, 0.1) is 0 Å². The maximum atomic E-state index is 11.0. The lowest BCUT2D eigenvalue weighted by Gasteiger charge is -2.11. The van der Waals surface area contributed by atoms with Gasteiger partial charge in [0.05, 0.1) is 0 Å². The Morgan fingerprint density at radius 2 is 2.50 bits per heavy atom. The van der Waals surface area contributed by atoms with Crippen molar-refractivity contribution in [3.8, 4) is 0 Å². The summed E-state index contributed by atoms with van der Waals surface area (Å²) in [6.07, 6.45) is 2.06. The first kappa shape index (κ1) is 6.09. The number of fused-ring (bicyclic) bond motifs is 1. The molecule has 3 nitrogen and oxygen atoms in total. The molecule has 2 heterocycles. The first-order valence-corrected chi connectivity index (χ1v) is 3.81. The number of hydrogen-bond acceptors (Lipinski definition) is 2. The highest BCUT2D eigenvalue weighted by Gasteiger charge is 2.38. The molecule has 1 amide bonds. The SMILES string of the molecule is O=C1NC(=S)N2CCCC12. The highest BCUT2D eigenvalue weighted by Crippen LogP contribution is 2.21. The van der Waals surface area contributed by atoms with E-state index in [-0.39, 0.29) is 11.9 Å². The molecule has 2 aliphatic heterocycles. The molecule has 2 rings (SSSR count). The quantitative estimate of drug-likeness (QED) is 0.496. The van der Waals surface area contributed by atoms with E-state index in [1.54, 1.807) is 0 Å². The zero-order valence-corrected chi connectivity index (χ0v) is 6.28. The molecule has 0 spiro atoms. The molecule has 2 fully saturated rings. The second-order valence-corrected chi connectivity index (χ2v) is 3.03. The van der Waals surface area contributed by atoms with Crippen molar-refractivity contribution < 1.29 is 4.79 Å². The predicted molar refractivity (Wildman–Crippen MR) is 40.5 cm³/mol. The molecule has 1 atom stereocenters. The third-order valence-electron chi connectivity index (χ3n) is 2.05. The molecular formula is C6H8N2OS. The maximum Gasteiger partial charge on any atom is 0.248 e. The summed E-state index contributed by atoms with van der Waals surface area (Å²) in [7, 11) is 0. The van der Waals surface area contributed by atoms with Gasteiger partial charge < -0.3 is 10.2 Å². The molecule has 0 aromatic rings. The van der Waals surface area contributed by atoms with Crippen LogP contribution in [0.1, 0.15) is 12.8 Å². The second kappa shape index (κ2) is 1.92. The zero-order valence-electron chi connectivity index (χ0n) is 5.46. The first-order chi connectivity index (χ1) is 4.79. The van der Waals surface area contributed by atoms with Gasteiger partial charge in [-0.1, -0.05) is 0 Å². The van der Waals surface area contributed by atoms with Gasteiger partial charge in [0.1, 0.15) is 6.04 Å². The van der Waals surface area contributed by atoms with E-state index in [0.29, 0.717) is 5.11 Å². The van der Waals surface area contributed by atoms with Crippen LogP contribution in [0.2, 0.25) is 0 Å². The maximum absolute atomic E-state index is 11.0. The Bertz CT molecular complexity index is 184. The number of carbonyl (C=O) groups is 1. The molecule has 1 N–H and O–H groups in total. The fourth-order valence-corrected chi connectivity index (χ4v) is 1.86. The third kappa shape index (κ3) is 0.653. The van der Waals surface area contributed by atoms with E-state index in [1.165, 1.54) is 0 Å². The number of nitrogens with one attached hydrogen (secondary N) is 1. The molecule has 0 saturated carbocycles. The van der Waals surface area contributed by atoms with Crippen molar-refractivity contribution in [2.75, 3.05) is 6.54 Å². The standard InChI is InChI=1S/C6H8N2OS/c9-5-4-2-1-3-8(4)6(10)7-5/h4H,1-3H2,(H,7,9,10). The summed E-state index contributed by atoms with van der Waals surface area (Å²) >= 11 is 4.93. The number of amides is 1. The number of hydrogen-bond donors (Lipinski definition) is 1. The van der Waals surface area contributed by atoms with E-state index in [0.717, 1.165) is 19.4 Å². The Hall–Kier alpha value is -0.640. The van der Waals surface area contributed by atoms with Crippen molar-refractivity contribution in [1.29, 1.82) is 0 Å². The van der Waals surface area contributed by atoms with Crippen LogP contribution in [-0.2, 0) is 4.79 Å². The van der Waals surface area contributed by atoms with Gasteiger partial charge in [-0.25, -0.2) is 0 Å². The lowest BCUT2D eigenvalue weighted by atomic mass is 10.2. The van der Waals surface area contributed by atoms with E-state index >= 15 is 0 Å². The molecule has 0 bridgehead atoms. The monoisotopic (exact) mass is 156 g/mol. The van der Waals surface area contributed by atoms with Crippen molar-refractivity contribution in [2.45, 2.75) is 18.9 Å². The predicted octanol–water partition coefficient (Wildman–Crippen LogP) is -0.135. The summed E-state index contributed by atoms with van der Waals surface area (Å²) in [4.78, 5) is 13.0. The molecule has 0 aromatic heterocycles. The topological polar surface area (TPSA) is 32.3 Å². The van der Waals surface area contributed by atoms with Crippen molar-refractivity contribution in [1.82, 2.24) is 10.2 Å². The van der Waals surface area contributed by atoms with Gasteiger partial charge >= 0.3 is 0 Å². The third-order valence-corrected chi connectivity index (χ3v) is 2.38. The fraction of sp³-hybridized carbons (Fsp3) is 0.667. The summed E-state index contributed by atoms with van der Waals surface area (Å²) in [6.45, 7) is 0.947. The molecule has 4 heteroatoms. The lowest BCUT2D eigenvalue weighted by molar-refractivity contribution is -0.120. The molecule has 2 aliphatic rings. The highest BCUT2D eigenvalue weighted by molar-refractivity contribution is 7.80. The van der Waals surface area contributed by atoms with Gasteiger partial charge in [0.2, 0.25) is 5.91 Å². The van der Waals surface area contributed by atoms with Gasteiger partial charge in [-0.2, -0.15) is 0 Å². The smallest absolute Gasteiger partial charge is 0.248 e. The first-order valence-electron chi connectivity index (χ1n) is 3.40. The van der Waals surface area contributed by atoms with Crippen molar-refractivity contribution in [3.63, 3.8) is 0 Å². The average molecular weight is 156 g/mol. The van der Waals surface area contributed by atoms with Crippen molar-refractivity contribution >= 4 is 23.2 Å². The Kier molecular flexibility index (Phi) is 1.17. The van der Waals surface area contributed by atoms with Crippen LogP contribution < -0.4 is 5.32 Å². The number of carbonyl (C=O) groups excluding carboxylic acids is 1. The molecule has 0 radical (unpaired) electrons. The van der Waals surface area contributed by atoms with E-state index in [2.05, 4.69) is 5.32 Å². The Morgan fingerprint density at radius 1 is 1.70 bits per heavy atom. The minimum atomic E-state index is 0.0625. The highest BCUT2D eigenvalue weighted by atomic mass is 32.1. The summed E-state index contributed by atoms with van der Waals surface area (Å²) in [6, 6.07) is 0.0625. The van der Waals surface area contributed by atoms with Crippen LogP contribution in [0.15, 0.2) is 0 Å². The number of rotatable bonds is 0. The molecular weight excluding hydrogens is 148 g/mol. The zero-order chi connectivity index (χ0) is 7.14. The fourth-order valence-electron chi connectivity index (χ4n) is 1.54. The van der Waals surface area contributed by atoms with Crippen LogP contribution >= 0.6 is 12.2 Å². The Morgan fingerprint density at radius 3 is 3.20 bits per heavy atom. The summed E-state index contributed by atoms with van der Waals surface area (Å²) < 4.78 is 0. The second-order valence-electron chi connectivity index (χ2n) is 2.65. The van der Waals surface area contributed by atoms with Crippen LogP contribution in [0.4, 0.5) is 0 Å². The number of thiocarbonyl (C=S) groups is 1. The van der Waals surface area contributed by atoms with Gasteiger partial charge in [0, 0.05) is 6.54 Å². The Balaban J connectivity index is 2.27. The average Bonchev–Trinajstić information content (AvgIpc) is 2.39. The lowest BCUT2D eigenvalue weighted by Crippen LogP contribution is -2.28. The minimum absolute atomic E-state index is 0.0625. The van der Waals surface area contributed by atoms with E-state index in [9.17, 15) is 4.79 Å². The molecule has 1 unspecified atom stereocenters. The van der Waals surface area contributed by atoms with Gasteiger partial charge in [-0.15, -0.1) is 0 Å².